The van der Waals surface area contributed by atoms with Gasteiger partial charge in [0.2, 0.25) is 0 Å². The Labute approximate surface area is 116 Å². The van der Waals surface area contributed by atoms with Crippen LogP contribution in [0.25, 0.3) is 0 Å². The van der Waals surface area contributed by atoms with Crippen molar-refractivity contribution in [1.29, 1.82) is 0 Å². The van der Waals surface area contributed by atoms with Crippen molar-refractivity contribution in [3.8, 4) is 0 Å². The van der Waals surface area contributed by atoms with Crippen LogP contribution in [0.1, 0.15) is 13.3 Å². The Morgan fingerprint density at radius 3 is 3.06 bits per heavy atom. The van der Waals surface area contributed by atoms with Gasteiger partial charge in [-0.25, -0.2) is 4.79 Å². The smallest absolute Gasteiger partial charge is 0.332 e. The molecule has 2 rings (SSSR count). The number of halogens is 1. The van der Waals surface area contributed by atoms with Crippen molar-refractivity contribution in [1.82, 2.24) is 0 Å². The Balaban J connectivity index is 2.18. The number of anilines is 1. The van der Waals surface area contributed by atoms with Gasteiger partial charge in [-0.1, -0.05) is 17.7 Å². The van der Waals surface area contributed by atoms with Gasteiger partial charge in [-0.2, -0.15) is 11.8 Å². The minimum absolute atomic E-state index is 0.171. The zero-order valence-electron chi connectivity index (χ0n) is 10.2. The van der Waals surface area contributed by atoms with E-state index in [1.54, 1.807) is 11.8 Å². The number of thioether (sulfide) groups is 1. The number of esters is 1. The molecule has 0 aliphatic carbocycles. The lowest BCUT2D eigenvalue weighted by Gasteiger charge is -2.28. The van der Waals surface area contributed by atoms with E-state index in [2.05, 4.69) is 5.32 Å². The lowest BCUT2D eigenvalue weighted by molar-refractivity contribution is -0.147. The van der Waals surface area contributed by atoms with Crippen LogP contribution in [0.15, 0.2) is 24.3 Å². The summed E-state index contributed by atoms with van der Waals surface area (Å²) >= 11 is 7.72. The second-order valence-corrected chi connectivity index (χ2v) is 5.78. The Hall–Kier alpha value is -0.870. The molecular formula is C13H16ClNO2S. The summed E-state index contributed by atoms with van der Waals surface area (Å²) in [5, 5.41) is 3.96. The number of carbonyl (C=O) groups excluding carboxylic acids is 1. The average Bonchev–Trinajstić information content (AvgIpc) is 2.79. The molecule has 0 bridgehead atoms. The number of hydrogen-bond donors (Lipinski definition) is 1. The van der Waals surface area contributed by atoms with E-state index in [0.717, 1.165) is 23.6 Å². The van der Waals surface area contributed by atoms with E-state index in [4.69, 9.17) is 16.3 Å². The molecule has 1 unspecified atom stereocenters. The summed E-state index contributed by atoms with van der Waals surface area (Å²) in [6, 6.07) is 7.42. The van der Waals surface area contributed by atoms with Gasteiger partial charge in [0.1, 0.15) is 5.54 Å². The lowest BCUT2D eigenvalue weighted by Crippen LogP contribution is -2.47. The van der Waals surface area contributed by atoms with Gasteiger partial charge in [0.25, 0.3) is 0 Å². The molecule has 1 atom stereocenters. The van der Waals surface area contributed by atoms with Gasteiger partial charge in [0.05, 0.1) is 6.61 Å². The zero-order valence-corrected chi connectivity index (χ0v) is 11.8. The summed E-state index contributed by atoms with van der Waals surface area (Å²) in [4.78, 5) is 12.1. The molecule has 1 saturated heterocycles. The Morgan fingerprint density at radius 1 is 1.61 bits per heavy atom. The standard InChI is InChI=1S/C13H16ClNO2S/c1-2-17-12(16)13(6-7-18-9-13)15-11-5-3-4-10(14)8-11/h3-5,8,15H,2,6-7,9H2,1H3. The van der Waals surface area contributed by atoms with Crippen LogP contribution in [0.4, 0.5) is 5.69 Å². The van der Waals surface area contributed by atoms with Crippen LogP contribution in [0.5, 0.6) is 0 Å². The highest BCUT2D eigenvalue weighted by Gasteiger charge is 2.43. The number of hydrogen-bond acceptors (Lipinski definition) is 4. The normalized spacial score (nSPS) is 22.8. The third kappa shape index (κ3) is 2.93. The highest BCUT2D eigenvalue weighted by Crippen LogP contribution is 2.33. The minimum atomic E-state index is -0.606. The molecular weight excluding hydrogens is 270 g/mol. The second kappa shape index (κ2) is 5.85. The third-order valence-corrected chi connectivity index (χ3v) is 4.32. The molecule has 98 valence electrons. The van der Waals surface area contributed by atoms with Crippen LogP contribution in [0, 0.1) is 0 Å². The summed E-state index contributed by atoms with van der Waals surface area (Å²) in [5.41, 5.74) is 0.254. The van der Waals surface area contributed by atoms with Crippen molar-refractivity contribution < 1.29 is 9.53 Å². The van der Waals surface area contributed by atoms with Crippen molar-refractivity contribution in [2.75, 3.05) is 23.4 Å². The van der Waals surface area contributed by atoms with E-state index < -0.39 is 5.54 Å². The van der Waals surface area contributed by atoms with Crippen LogP contribution in [0.2, 0.25) is 5.02 Å². The average molecular weight is 286 g/mol. The van der Waals surface area contributed by atoms with Gasteiger partial charge >= 0.3 is 5.97 Å². The maximum atomic E-state index is 12.1. The summed E-state index contributed by atoms with van der Waals surface area (Å²) in [6.45, 7) is 2.23. The first kappa shape index (κ1) is 13.6. The Bertz CT molecular complexity index is 433. The van der Waals surface area contributed by atoms with E-state index in [-0.39, 0.29) is 5.97 Å². The van der Waals surface area contributed by atoms with Crippen LogP contribution < -0.4 is 5.32 Å². The van der Waals surface area contributed by atoms with Gasteiger partial charge in [-0.15, -0.1) is 0 Å². The van der Waals surface area contributed by atoms with Crippen molar-refractivity contribution in [2.45, 2.75) is 18.9 Å². The van der Waals surface area contributed by atoms with Crippen LogP contribution in [-0.2, 0) is 9.53 Å². The first-order valence-electron chi connectivity index (χ1n) is 5.95. The van der Waals surface area contributed by atoms with Gasteiger partial charge in [0, 0.05) is 16.5 Å². The summed E-state index contributed by atoms with van der Waals surface area (Å²) < 4.78 is 5.18. The monoisotopic (exact) mass is 285 g/mol. The molecule has 1 aromatic rings. The van der Waals surface area contributed by atoms with E-state index in [1.807, 2.05) is 31.2 Å². The van der Waals surface area contributed by atoms with Gasteiger partial charge < -0.3 is 10.1 Å². The van der Waals surface area contributed by atoms with E-state index >= 15 is 0 Å². The number of carbonyl (C=O) groups is 1. The maximum absolute atomic E-state index is 12.1. The molecule has 1 fully saturated rings. The number of nitrogens with one attached hydrogen (secondary N) is 1. The predicted molar refractivity (Wildman–Crippen MR) is 76.4 cm³/mol. The fourth-order valence-electron chi connectivity index (χ4n) is 1.99. The first-order chi connectivity index (χ1) is 8.66. The highest BCUT2D eigenvalue weighted by molar-refractivity contribution is 7.99. The number of rotatable bonds is 4. The molecule has 1 aliphatic rings. The summed E-state index contributed by atoms with van der Waals surface area (Å²) in [6.07, 6.45) is 0.781. The molecule has 1 heterocycles. The molecule has 1 aliphatic heterocycles. The Kier molecular flexibility index (Phi) is 4.40. The predicted octanol–water partition coefficient (Wildman–Crippen LogP) is 3.19. The van der Waals surface area contributed by atoms with Gasteiger partial charge in [-0.05, 0) is 37.3 Å². The van der Waals surface area contributed by atoms with Crippen LogP contribution in [-0.4, -0.2) is 29.6 Å². The van der Waals surface area contributed by atoms with E-state index in [0.29, 0.717) is 11.6 Å². The third-order valence-electron chi connectivity index (χ3n) is 2.90. The van der Waals surface area contributed by atoms with Gasteiger partial charge in [0.15, 0.2) is 0 Å². The second-order valence-electron chi connectivity index (χ2n) is 4.24. The van der Waals surface area contributed by atoms with E-state index in [9.17, 15) is 4.79 Å². The number of ether oxygens (including phenoxy) is 1. The molecule has 0 spiro atoms. The molecule has 5 heteroatoms. The molecule has 0 saturated carbocycles. The van der Waals surface area contributed by atoms with Gasteiger partial charge in [-0.3, -0.25) is 0 Å². The van der Waals surface area contributed by atoms with E-state index in [1.165, 1.54) is 0 Å². The SMILES string of the molecule is CCOC(=O)C1(Nc2cccc(Cl)c2)CCSC1. The van der Waals surface area contributed by atoms with Crippen LogP contribution >= 0.6 is 23.4 Å². The molecule has 0 amide bonds. The van der Waals surface area contributed by atoms with Crippen molar-refractivity contribution in [2.24, 2.45) is 0 Å². The molecule has 1 aromatic carbocycles. The molecule has 1 N–H and O–H groups in total. The first-order valence-corrected chi connectivity index (χ1v) is 7.48. The largest absolute Gasteiger partial charge is 0.464 e. The lowest BCUT2D eigenvalue weighted by atomic mass is 9.98. The fraction of sp³-hybridized carbons (Fsp3) is 0.462. The van der Waals surface area contributed by atoms with Crippen LogP contribution in [0.3, 0.4) is 0 Å². The Morgan fingerprint density at radius 2 is 2.44 bits per heavy atom. The molecule has 0 radical (unpaired) electrons. The molecule has 3 nitrogen and oxygen atoms in total. The fourth-order valence-corrected chi connectivity index (χ4v) is 3.50. The van der Waals surface area contributed by atoms with Crippen molar-refractivity contribution in [3.63, 3.8) is 0 Å². The highest BCUT2D eigenvalue weighted by atomic mass is 35.5. The summed E-state index contributed by atoms with van der Waals surface area (Å²) in [5.74, 6) is 1.53. The summed E-state index contributed by atoms with van der Waals surface area (Å²) in [7, 11) is 0. The molecule has 18 heavy (non-hydrogen) atoms. The number of benzene rings is 1. The maximum Gasteiger partial charge on any atom is 0.332 e. The van der Waals surface area contributed by atoms with Crippen molar-refractivity contribution >= 4 is 35.0 Å². The topological polar surface area (TPSA) is 38.3 Å². The molecule has 0 aromatic heterocycles. The minimum Gasteiger partial charge on any atom is -0.464 e. The zero-order chi connectivity index (χ0) is 13.0. The quantitative estimate of drug-likeness (QED) is 0.862. The van der Waals surface area contributed by atoms with Crippen molar-refractivity contribution in [3.05, 3.63) is 29.3 Å².